The van der Waals surface area contributed by atoms with E-state index in [4.69, 9.17) is 4.74 Å². The SMILES string of the molecule is CCCCN(CC(=O)N(CCOC)Cc1cccn1C)C(=O)c1ccc(C)cc1. The van der Waals surface area contributed by atoms with E-state index >= 15 is 0 Å². The molecule has 6 heteroatoms. The van der Waals surface area contributed by atoms with Crippen molar-refractivity contribution in [3.8, 4) is 0 Å². The van der Waals surface area contributed by atoms with Crippen LogP contribution in [0.3, 0.4) is 0 Å². The molecule has 0 saturated carbocycles. The molecule has 158 valence electrons. The van der Waals surface area contributed by atoms with Gasteiger partial charge in [0.25, 0.3) is 5.91 Å². The summed E-state index contributed by atoms with van der Waals surface area (Å²) in [6.07, 6.45) is 3.78. The minimum atomic E-state index is -0.0997. The number of amides is 2. The number of ether oxygens (including phenoxy) is 1. The summed E-state index contributed by atoms with van der Waals surface area (Å²) in [5.41, 5.74) is 2.76. The first kappa shape index (κ1) is 22.7. The molecule has 1 heterocycles. The zero-order valence-corrected chi connectivity index (χ0v) is 18.1. The van der Waals surface area contributed by atoms with Gasteiger partial charge in [-0.15, -0.1) is 0 Å². The van der Waals surface area contributed by atoms with Crippen molar-refractivity contribution in [2.45, 2.75) is 33.2 Å². The Bertz CT molecular complexity index is 783. The molecule has 0 unspecified atom stereocenters. The minimum absolute atomic E-state index is 0.0696. The second kappa shape index (κ2) is 11.4. The normalized spacial score (nSPS) is 10.8. The van der Waals surface area contributed by atoms with Crippen LogP contribution in [0.1, 0.15) is 41.4 Å². The Balaban J connectivity index is 2.14. The number of nitrogens with zero attached hydrogens (tertiary/aromatic N) is 3. The molecule has 0 aliphatic rings. The maximum absolute atomic E-state index is 13.1. The molecule has 2 aromatic rings. The van der Waals surface area contributed by atoms with Gasteiger partial charge >= 0.3 is 0 Å². The lowest BCUT2D eigenvalue weighted by Crippen LogP contribution is -2.44. The third-order valence-electron chi connectivity index (χ3n) is 5.02. The number of rotatable bonds is 11. The first-order valence-electron chi connectivity index (χ1n) is 10.2. The Kier molecular flexibility index (Phi) is 8.93. The molecular formula is C23H33N3O3. The lowest BCUT2D eigenvalue weighted by molar-refractivity contribution is -0.133. The highest BCUT2D eigenvalue weighted by atomic mass is 16.5. The Morgan fingerprint density at radius 3 is 2.38 bits per heavy atom. The molecular weight excluding hydrogens is 366 g/mol. The number of carbonyl (C=O) groups is 2. The van der Waals surface area contributed by atoms with E-state index in [1.54, 1.807) is 16.9 Å². The molecule has 6 nitrogen and oxygen atoms in total. The van der Waals surface area contributed by atoms with Crippen LogP contribution in [0.25, 0.3) is 0 Å². The van der Waals surface area contributed by atoms with Gasteiger partial charge in [0.05, 0.1) is 13.2 Å². The second-order valence-corrected chi connectivity index (χ2v) is 7.36. The minimum Gasteiger partial charge on any atom is -0.383 e. The van der Waals surface area contributed by atoms with Gasteiger partial charge in [-0.1, -0.05) is 31.0 Å². The van der Waals surface area contributed by atoms with Crippen molar-refractivity contribution < 1.29 is 14.3 Å². The van der Waals surface area contributed by atoms with Crippen LogP contribution >= 0.6 is 0 Å². The van der Waals surface area contributed by atoms with Crippen molar-refractivity contribution >= 4 is 11.8 Å². The summed E-state index contributed by atoms with van der Waals surface area (Å²) >= 11 is 0. The van der Waals surface area contributed by atoms with Crippen molar-refractivity contribution in [2.75, 3.05) is 33.4 Å². The third-order valence-corrected chi connectivity index (χ3v) is 5.02. The van der Waals surface area contributed by atoms with Crippen LogP contribution in [0.15, 0.2) is 42.6 Å². The largest absolute Gasteiger partial charge is 0.383 e. The van der Waals surface area contributed by atoms with E-state index in [1.165, 1.54) is 0 Å². The average Bonchev–Trinajstić information content (AvgIpc) is 3.12. The summed E-state index contributed by atoms with van der Waals surface area (Å²) in [5.74, 6) is -0.169. The number of aryl methyl sites for hydroxylation is 2. The van der Waals surface area contributed by atoms with Gasteiger partial charge in [-0.25, -0.2) is 0 Å². The Morgan fingerprint density at radius 1 is 1.07 bits per heavy atom. The second-order valence-electron chi connectivity index (χ2n) is 7.36. The topological polar surface area (TPSA) is 54.8 Å². The van der Waals surface area contributed by atoms with Crippen LogP contribution in [0.4, 0.5) is 0 Å². The Hall–Kier alpha value is -2.60. The van der Waals surface area contributed by atoms with Crippen molar-refractivity contribution in [3.05, 3.63) is 59.4 Å². The van der Waals surface area contributed by atoms with Crippen LogP contribution in [0, 0.1) is 6.92 Å². The Labute approximate surface area is 174 Å². The average molecular weight is 400 g/mol. The number of carbonyl (C=O) groups excluding carboxylic acids is 2. The monoisotopic (exact) mass is 399 g/mol. The highest BCUT2D eigenvalue weighted by molar-refractivity contribution is 5.96. The molecule has 2 amide bonds. The van der Waals surface area contributed by atoms with E-state index < -0.39 is 0 Å². The summed E-state index contributed by atoms with van der Waals surface area (Å²) in [6, 6.07) is 11.5. The van der Waals surface area contributed by atoms with E-state index in [2.05, 4.69) is 6.92 Å². The van der Waals surface area contributed by atoms with Crippen molar-refractivity contribution in [3.63, 3.8) is 0 Å². The van der Waals surface area contributed by atoms with Crippen LogP contribution in [0.2, 0.25) is 0 Å². The maximum Gasteiger partial charge on any atom is 0.254 e. The van der Waals surface area contributed by atoms with Crippen LogP contribution < -0.4 is 0 Å². The number of benzene rings is 1. The van der Waals surface area contributed by atoms with Gasteiger partial charge in [0.15, 0.2) is 0 Å². The molecule has 1 aromatic heterocycles. The zero-order chi connectivity index (χ0) is 21.2. The summed E-state index contributed by atoms with van der Waals surface area (Å²) in [7, 11) is 3.59. The third kappa shape index (κ3) is 6.75. The number of aromatic nitrogens is 1. The van der Waals surface area contributed by atoms with Crippen molar-refractivity contribution in [1.82, 2.24) is 14.4 Å². The summed E-state index contributed by atoms with van der Waals surface area (Å²) in [5, 5.41) is 0. The fourth-order valence-electron chi connectivity index (χ4n) is 3.09. The summed E-state index contributed by atoms with van der Waals surface area (Å²) < 4.78 is 7.19. The molecule has 29 heavy (non-hydrogen) atoms. The van der Waals surface area contributed by atoms with Gasteiger partial charge in [0, 0.05) is 44.7 Å². The lowest BCUT2D eigenvalue weighted by atomic mass is 10.1. The highest BCUT2D eigenvalue weighted by Gasteiger charge is 2.22. The maximum atomic E-state index is 13.1. The van der Waals surface area contributed by atoms with Crippen LogP contribution in [-0.2, 0) is 23.1 Å². The smallest absolute Gasteiger partial charge is 0.254 e. The summed E-state index contributed by atoms with van der Waals surface area (Å²) in [4.78, 5) is 29.6. The van der Waals surface area contributed by atoms with Crippen molar-refractivity contribution in [2.24, 2.45) is 7.05 Å². The fraction of sp³-hybridized carbons (Fsp3) is 0.478. The van der Waals surface area contributed by atoms with Gasteiger partial charge in [0.2, 0.25) is 5.91 Å². The molecule has 0 aliphatic carbocycles. The Morgan fingerprint density at radius 2 is 1.79 bits per heavy atom. The van der Waals surface area contributed by atoms with Crippen LogP contribution in [0.5, 0.6) is 0 Å². The van der Waals surface area contributed by atoms with Gasteiger partial charge in [-0.2, -0.15) is 0 Å². The molecule has 0 atom stereocenters. The quantitative estimate of drug-likeness (QED) is 0.583. The van der Waals surface area contributed by atoms with E-state index in [9.17, 15) is 9.59 Å². The van der Waals surface area contributed by atoms with E-state index in [1.807, 2.05) is 61.1 Å². The fourth-order valence-corrected chi connectivity index (χ4v) is 3.09. The standard InChI is InChI=1S/C23H33N3O3/c1-5-6-14-26(23(28)20-11-9-19(2)10-12-20)18-22(27)25(15-16-29-4)17-21-8-7-13-24(21)3/h7-13H,5-6,14-18H2,1-4H3. The van der Waals surface area contributed by atoms with E-state index in [-0.39, 0.29) is 18.4 Å². The molecule has 0 saturated heterocycles. The molecule has 0 aliphatic heterocycles. The van der Waals surface area contributed by atoms with Gasteiger partial charge in [0.1, 0.15) is 6.54 Å². The van der Waals surface area contributed by atoms with E-state index in [0.29, 0.717) is 31.8 Å². The number of hydrogen-bond donors (Lipinski definition) is 0. The predicted octanol–water partition coefficient (Wildman–Crippen LogP) is 3.25. The van der Waals surface area contributed by atoms with Gasteiger partial charge in [-0.3, -0.25) is 9.59 Å². The van der Waals surface area contributed by atoms with Crippen LogP contribution in [-0.4, -0.2) is 59.5 Å². The van der Waals surface area contributed by atoms with E-state index in [0.717, 1.165) is 24.1 Å². The molecule has 0 spiro atoms. The molecule has 0 radical (unpaired) electrons. The number of unbranched alkanes of at least 4 members (excludes halogenated alkanes) is 1. The highest BCUT2D eigenvalue weighted by Crippen LogP contribution is 2.11. The number of hydrogen-bond acceptors (Lipinski definition) is 3. The first-order valence-corrected chi connectivity index (χ1v) is 10.2. The molecule has 0 bridgehead atoms. The first-order chi connectivity index (χ1) is 14.0. The molecule has 2 rings (SSSR count). The zero-order valence-electron chi connectivity index (χ0n) is 18.1. The molecule has 0 N–H and O–H groups in total. The van der Waals surface area contributed by atoms with Gasteiger partial charge in [-0.05, 0) is 37.6 Å². The van der Waals surface area contributed by atoms with Gasteiger partial charge < -0.3 is 19.1 Å². The number of methoxy groups -OCH3 is 1. The molecule has 0 fully saturated rings. The van der Waals surface area contributed by atoms with Crippen molar-refractivity contribution in [1.29, 1.82) is 0 Å². The molecule has 1 aromatic carbocycles. The lowest BCUT2D eigenvalue weighted by Gasteiger charge is -2.28. The predicted molar refractivity (Wildman–Crippen MR) is 115 cm³/mol. The summed E-state index contributed by atoms with van der Waals surface area (Å²) in [6.45, 7) is 6.14.